The van der Waals surface area contributed by atoms with E-state index in [1.54, 1.807) is 0 Å². The maximum Gasteiger partial charge on any atom is 0.305 e. The fraction of sp³-hybridized carbons (Fsp3) is 0.394. The van der Waals surface area contributed by atoms with Crippen molar-refractivity contribution in [1.29, 1.82) is 0 Å². The van der Waals surface area contributed by atoms with Crippen LogP contribution in [0.25, 0.3) is 12.2 Å². The van der Waals surface area contributed by atoms with Crippen molar-refractivity contribution in [3.8, 4) is 0 Å². The quantitative estimate of drug-likeness (QED) is 0.336. The first-order valence-corrected chi connectivity index (χ1v) is 13.9. The van der Waals surface area contributed by atoms with Crippen molar-refractivity contribution in [2.24, 2.45) is 9.98 Å². The smallest absolute Gasteiger partial charge is 0.305 e. The van der Waals surface area contributed by atoms with Gasteiger partial charge in [-0.1, -0.05) is 0 Å². The zero-order valence-electron chi connectivity index (χ0n) is 25.4. The van der Waals surface area contributed by atoms with Gasteiger partial charge in [-0.05, 0) is 111 Å². The summed E-state index contributed by atoms with van der Waals surface area (Å²) >= 11 is 0. The summed E-state index contributed by atoms with van der Waals surface area (Å²) in [6, 6.07) is 0. The monoisotopic (exact) mass is 556 g/mol. The van der Waals surface area contributed by atoms with Crippen LogP contribution in [0, 0.1) is 13.8 Å². The Balaban J connectivity index is 1.78. The third-order valence-corrected chi connectivity index (χ3v) is 8.29. The Morgan fingerprint density at radius 3 is 1.41 bits per heavy atom. The second-order valence-corrected chi connectivity index (χ2v) is 10.8. The van der Waals surface area contributed by atoms with E-state index >= 15 is 0 Å². The average molecular weight is 557 g/mol. The van der Waals surface area contributed by atoms with Crippen LogP contribution in [0.5, 0.6) is 0 Å². The molecule has 216 valence electrons. The number of hydrogen-bond donors (Lipinski definition) is 2. The lowest BCUT2D eigenvalue weighted by Crippen LogP contribution is -2.06. The van der Waals surface area contributed by atoms with E-state index in [0.717, 1.165) is 78.7 Å². The molecular formula is C33H40N4O4. The van der Waals surface area contributed by atoms with E-state index in [4.69, 9.17) is 9.47 Å². The van der Waals surface area contributed by atoms with E-state index < -0.39 is 0 Å². The SMILES string of the molecule is COC(=O)CCc1c(Cc2[nH]c(/C=C3/N=CC(C)=C3C)c(C)c2CCC(=O)OC)[nH]c(/C=C2\N=CC(C)=C2C)c1C. The Labute approximate surface area is 242 Å². The number of esters is 2. The number of carbonyl (C=O) groups is 2. The fourth-order valence-corrected chi connectivity index (χ4v) is 5.23. The molecule has 0 saturated carbocycles. The van der Waals surface area contributed by atoms with Crippen molar-refractivity contribution < 1.29 is 19.1 Å². The second kappa shape index (κ2) is 12.5. The Kier molecular flexibility index (Phi) is 9.11. The van der Waals surface area contributed by atoms with Crippen molar-refractivity contribution in [3.05, 3.63) is 78.7 Å². The Hall–Kier alpha value is -4.20. The molecule has 0 fully saturated rings. The highest BCUT2D eigenvalue weighted by molar-refractivity contribution is 5.88. The summed E-state index contributed by atoms with van der Waals surface area (Å²) in [6.45, 7) is 12.4. The van der Waals surface area contributed by atoms with Gasteiger partial charge in [0.1, 0.15) is 0 Å². The number of aromatic amines is 2. The highest BCUT2D eigenvalue weighted by Crippen LogP contribution is 2.32. The Bertz CT molecular complexity index is 1450. The van der Waals surface area contributed by atoms with E-state index in [2.05, 4.69) is 73.6 Å². The molecular weight excluding hydrogens is 516 g/mol. The van der Waals surface area contributed by atoms with Gasteiger partial charge in [-0.3, -0.25) is 19.6 Å². The zero-order valence-corrected chi connectivity index (χ0v) is 25.4. The maximum atomic E-state index is 12.1. The van der Waals surface area contributed by atoms with Crippen LogP contribution >= 0.6 is 0 Å². The zero-order chi connectivity index (χ0) is 29.8. The molecule has 0 bridgehead atoms. The number of aliphatic imine (C=N–C) groups is 2. The molecule has 4 rings (SSSR count). The van der Waals surface area contributed by atoms with Gasteiger partial charge >= 0.3 is 11.9 Å². The summed E-state index contributed by atoms with van der Waals surface area (Å²) in [5.74, 6) is -0.490. The number of allylic oxidation sites excluding steroid dienone is 4. The summed E-state index contributed by atoms with van der Waals surface area (Å²) in [4.78, 5) is 40.6. The molecule has 2 aliphatic heterocycles. The van der Waals surface area contributed by atoms with Crippen molar-refractivity contribution in [3.63, 3.8) is 0 Å². The molecule has 4 heterocycles. The van der Waals surface area contributed by atoms with Gasteiger partial charge in [0.15, 0.2) is 0 Å². The van der Waals surface area contributed by atoms with Crippen molar-refractivity contribution in [2.75, 3.05) is 14.2 Å². The number of nitrogens with zero attached hydrogens (tertiary/aromatic N) is 2. The molecule has 0 saturated heterocycles. The van der Waals surface area contributed by atoms with Crippen LogP contribution in [-0.2, 0) is 38.3 Å². The van der Waals surface area contributed by atoms with Gasteiger partial charge in [-0.15, -0.1) is 0 Å². The molecule has 8 nitrogen and oxygen atoms in total. The number of rotatable bonds is 10. The van der Waals surface area contributed by atoms with Gasteiger partial charge in [0, 0.05) is 54.5 Å². The van der Waals surface area contributed by atoms with Gasteiger partial charge in [0.2, 0.25) is 0 Å². The lowest BCUT2D eigenvalue weighted by Gasteiger charge is -2.08. The molecule has 41 heavy (non-hydrogen) atoms. The molecule has 0 radical (unpaired) electrons. The van der Waals surface area contributed by atoms with Crippen molar-refractivity contribution >= 4 is 36.5 Å². The Morgan fingerprint density at radius 1 is 0.707 bits per heavy atom. The van der Waals surface area contributed by atoms with E-state index in [-0.39, 0.29) is 24.8 Å². The molecule has 0 amide bonds. The number of nitrogens with one attached hydrogen (secondary N) is 2. The van der Waals surface area contributed by atoms with Crippen LogP contribution in [-0.4, -0.2) is 48.6 Å². The molecule has 2 aromatic rings. The van der Waals surface area contributed by atoms with E-state index in [1.165, 1.54) is 14.2 Å². The van der Waals surface area contributed by atoms with E-state index in [0.29, 0.717) is 19.3 Å². The summed E-state index contributed by atoms with van der Waals surface area (Å²) in [5, 5.41) is 0. The number of carbonyl (C=O) groups excluding carboxylic acids is 2. The number of aromatic nitrogens is 2. The minimum Gasteiger partial charge on any atom is -0.469 e. The molecule has 0 aromatic carbocycles. The lowest BCUT2D eigenvalue weighted by molar-refractivity contribution is -0.141. The molecule has 0 aliphatic carbocycles. The average Bonchev–Trinajstić information content (AvgIpc) is 3.64. The molecule has 0 spiro atoms. The molecule has 0 atom stereocenters. The topological polar surface area (TPSA) is 109 Å². The van der Waals surface area contributed by atoms with E-state index in [9.17, 15) is 9.59 Å². The predicted octanol–water partition coefficient (Wildman–Crippen LogP) is 6.29. The van der Waals surface area contributed by atoms with Gasteiger partial charge in [-0.2, -0.15) is 0 Å². The minimum absolute atomic E-state index is 0.245. The predicted molar refractivity (Wildman–Crippen MR) is 164 cm³/mol. The van der Waals surface area contributed by atoms with Gasteiger partial charge < -0.3 is 19.4 Å². The third-order valence-electron chi connectivity index (χ3n) is 8.29. The normalized spacial score (nSPS) is 16.7. The highest BCUT2D eigenvalue weighted by Gasteiger charge is 2.21. The second-order valence-electron chi connectivity index (χ2n) is 10.8. The van der Waals surface area contributed by atoms with Crippen LogP contribution in [0.2, 0.25) is 0 Å². The molecule has 2 aromatic heterocycles. The standard InChI is InChI=1S/C33H40N4O4/c1-18-16-34-26(20(18)3)13-28-22(5)24(9-11-32(38)40-7)30(36-28)15-31-25(10-12-33(39)41-8)23(6)29(37-31)14-27-21(4)19(2)17-35-27/h13-14,16-17,36-37H,9-12,15H2,1-8H3/b26-13-,27-14+. The number of ether oxygens (including phenoxy) is 2. The molecule has 8 heteroatoms. The summed E-state index contributed by atoms with van der Waals surface area (Å²) < 4.78 is 9.87. The van der Waals surface area contributed by atoms with Crippen LogP contribution in [0.1, 0.15) is 85.6 Å². The van der Waals surface area contributed by atoms with Gasteiger partial charge in [-0.25, -0.2) is 0 Å². The fourth-order valence-electron chi connectivity index (χ4n) is 5.23. The maximum absolute atomic E-state index is 12.1. The summed E-state index contributed by atoms with van der Waals surface area (Å²) in [5.41, 5.74) is 14.8. The van der Waals surface area contributed by atoms with Crippen LogP contribution in [0.15, 0.2) is 43.7 Å². The molecule has 2 N–H and O–H groups in total. The lowest BCUT2D eigenvalue weighted by atomic mass is 9.98. The Morgan fingerprint density at radius 2 is 1.10 bits per heavy atom. The number of methoxy groups -OCH3 is 2. The highest BCUT2D eigenvalue weighted by atomic mass is 16.5. The first-order valence-electron chi connectivity index (χ1n) is 13.9. The molecule has 2 aliphatic rings. The summed E-state index contributed by atoms with van der Waals surface area (Å²) in [7, 11) is 2.83. The molecule has 0 unspecified atom stereocenters. The number of hydrogen-bond acceptors (Lipinski definition) is 6. The summed E-state index contributed by atoms with van der Waals surface area (Å²) in [6.07, 6.45) is 10.2. The van der Waals surface area contributed by atoms with Crippen LogP contribution < -0.4 is 0 Å². The van der Waals surface area contributed by atoms with Crippen molar-refractivity contribution in [2.45, 2.75) is 73.6 Å². The van der Waals surface area contributed by atoms with Crippen LogP contribution in [0.4, 0.5) is 0 Å². The van der Waals surface area contributed by atoms with Gasteiger partial charge in [0.25, 0.3) is 0 Å². The van der Waals surface area contributed by atoms with Gasteiger partial charge in [0.05, 0.1) is 25.6 Å². The van der Waals surface area contributed by atoms with Crippen LogP contribution in [0.3, 0.4) is 0 Å². The van der Waals surface area contributed by atoms with E-state index in [1.807, 2.05) is 12.4 Å². The first-order chi connectivity index (χ1) is 19.5. The van der Waals surface area contributed by atoms with Crippen molar-refractivity contribution in [1.82, 2.24) is 9.97 Å². The number of H-pyrrole nitrogens is 2. The first kappa shape index (κ1) is 29.8. The largest absolute Gasteiger partial charge is 0.469 e. The third kappa shape index (κ3) is 6.42. The minimum atomic E-state index is -0.245.